The molecule has 1 heterocycles. The molecule has 2 aromatic rings. The minimum atomic E-state index is -3.55. The lowest BCUT2D eigenvalue weighted by Gasteiger charge is -2.22. The molecule has 2 aliphatic rings. The number of fused-ring (bicyclic) bond motifs is 1. The molecule has 1 amide bonds. The second-order valence-electron chi connectivity index (χ2n) is 8.02. The van der Waals surface area contributed by atoms with Crippen LogP contribution in [0.3, 0.4) is 0 Å². The van der Waals surface area contributed by atoms with Crippen LogP contribution in [-0.4, -0.2) is 56.3 Å². The number of sulfonamides is 1. The van der Waals surface area contributed by atoms with Crippen LogP contribution in [0.25, 0.3) is 0 Å². The first-order chi connectivity index (χ1) is 14.4. The topological polar surface area (TPSA) is 66.9 Å². The monoisotopic (exact) mass is 428 g/mol. The van der Waals surface area contributed by atoms with Crippen molar-refractivity contribution in [1.29, 1.82) is 0 Å². The van der Waals surface area contributed by atoms with Gasteiger partial charge in [-0.15, -0.1) is 0 Å². The van der Waals surface area contributed by atoms with Gasteiger partial charge in [-0.25, -0.2) is 8.42 Å². The van der Waals surface area contributed by atoms with Crippen LogP contribution in [0.15, 0.2) is 47.4 Å². The molecule has 0 bridgehead atoms. The van der Waals surface area contributed by atoms with Gasteiger partial charge in [0, 0.05) is 26.2 Å². The zero-order valence-corrected chi connectivity index (χ0v) is 18.2. The summed E-state index contributed by atoms with van der Waals surface area (Å²) in [4.78, 5) is 14.7. The average molecular weight is 429 g/mol. The van der Waals surface area contributed by atoms with E-state index in [2.05, 4.69) is 6.07 Å². The number of carbonyl (C=O) groups is 1. The Labute approximate surface area is 178 Å². The van der Waals surface area contributed by atoms with Crippen molar-refractivity contribution in [2.24, 2.45) is 0 Å². The molecule has 1 saturated heterocycles. The summed E-state index contributed by atoms with van der Waals surface area (Å²) in [5.41, 5.74) is 3.70. The molecule has 0 spiro atoms. The first-order valence-corrected chi connectivity index (χ1v) is 12.0. The molecular formula is C23H28N2O4S. The molecule has 1 aliphatic heterocycles. The Balaban J connectivity index is 1.34. The van der Waals surface area contributed by atoms with E-state index in [1.165, 1.54) is 21.9 Å². The van der Waals surface area contributed by atoms with E-state index in [0.29, 0.717) is 37.5 Å². The van der Waals surface area contributed by atoms with Crippen molar-refractivity contribution in [3.05, 3.63) is 59.2 Å². The summed E-state index contributed by atoms with van der Waals surface area (Å²) in [6, 6.07) is 12.9. The highest BCUT2D eigenvalue weighted by Crippen LogP contribution is 2.26. The van der Waals surface area contributed by atoms with Crippen LogP contribution in [0.5, 0.6) is 5.75 Å². The molecule has 0 atom stereocenters. The van der Waals surface area contributed by atoms with Crippen LogP contribution in [0.1, 0.15) is 29.5 Å². The lowest BCUT2D eigenvalue weighted by Crippen LogP contribution is -2.39. The molecule has 1 aliphatic carbocycles. The summed E-state index contributed by atoms with van der Waals surface area (Å²) in [6.45, 7) is 3.51. The lowest BCUT2D eigenvalue weighted by atomic mass is 10.1. The number of carbonyl (C=O) groups excluding carboxylic acids is 1. The Morgan fingerprint density at radius 3 is 2.50 bits per heavy atom. The number of nitrogens with zero attached hydrogens (tertiary/aromatic N) is 2. The highest BCUT2D eigenvalue weighted by atomic mass is 32.2. The predicted molar refractivity (Wildman–Crippen MR) is 115 cm³/mol. The van der Waals surface area contributed by atoms with Crippen LogP contribution < -0.4 is 4.74 Å². The molecule has 7 heteroatoms. The van der Waals surface area contributed by atoms with Crippen LogP contribution in [0.2, 0.25) is 0 Å². The van der Waals surface area contributed by atoms with Gasteiger partial charge in [-0.3, -0.25) is 4.79 Å². The molecule has 0 N–H and O–H groups in total. The van der Waals surface area contributed by atoms with Gasteiger partial charge in [0.05, 0.1) is 4.90 Å². The number of hydrogen-bond donors (Lipinski definition) is 0. The Morgan fingerprint density at radius 2 is 1.70 bits per heavy atom. The lowest BCUT2D eigenvalue weighted by molar-refractivity contribution is -0.133. The van der Waals surface area contributed by atoms with Crippen LogP contribution in [0.4, 0.5) is 0 Å². The third-order valence-corrected chi connectivity index (χ3v) is 7.81. The highest BCUT2D eigenvalue weighted by molar-refractivity contribution is 7.89. The van der Waals surface area contributed by atoms with E-state index in [9.17, 15) is 13.2 Å². The molecule has 0 radical (unpaired) electrons. The predicted octanol–water partition coefficient (Wildman–Crippen LogP) is 2.79. The standard InChI is InChI=1S/C23H28N2O4S/c1-18-6-10-22(11-7-18)30(27,28)25-13-3-12-24(14-15-25)23(26)17-29-21-9-8-19-4-2-5-20(19)16-21/h6-11,16H,2-5,12-15,17H2,1H3. The average Bonchev–Trinajstić information content (AvgIpc) is 3.05. The Bertz CT molecular complexity index is 1020. The van der Waals surface area contributed by atoms with Gasteiger partial charge in [0.2, 0.25) is 10.0 Å². The Hall–Kier alpha value is -2.38. The molecule has 30 heavy (non-hydrogen) atoms. The SMILES string of the molecule is Cc1ccc(S(=O)(=O)N2CCCN(C(=O)COc3ccc4c(c3)CCC4)CC2)cc1. The Morgan fingerprint density at radius 1 is 0.933 bits per heavy atom. The fourth-order valence-electron chi connectivity index (χ4n) is 4.12. The van der Waals surface area contributed by atoms with Gasteiger partial charge in [0.15, 0.2) is 6.61 Å². The molecular weight excluding hydrogens is 400 g/mol. The molecule has 160 valence electrons. The number of benzene rings is 2. The van der Waals surface area contributed by atoms with Crippen LogP contribution in [0, 0.1) is 6.92 Å². The van der Waals surface area contributed by atoms with Crippen molar-refractivity contribution >= 4 is 15.9 Å². The highest BCUT2D eigenvalue weighted by Gasteiger charge is 2.28. The van der Waals surface area contributed by atoms with Crippen molar-refractivity contribution < 1.29 is 17.9 Å². The van der Waals surface area contributed by atoms with Gasteiger partial charge in [-0.2, -0.15) is 4.31 Å². The Kier molecular flexibility index (Phi) is 6.11. The second-order valence-corrected chi connectivity index (χ2v) is 9.96. The van der Waals surface area contributed by atoms with E-state index in [-0.39, 0.29) is 12.5 Å². The molecule has 0 saturated carbocycles. The maximum Gasteiger partial charge on any atom is 0.260 e. The maximum absolute atomic E-state index is 12.9. The molecule has 6 nitrogen and oxygen atoms in total. The maximum atomic E-state index is 12.9. The smallest absolute Gasteiger partial charge is 0.260 e. The van der Waals surface area contributed by atoms with Gasteiger partial charge in [0.25, 0.3) is 5.91 Å². The molecule has 2 aromatic carbocycles. The van der Waals surface area contributed by atoms with Crippen LogP contribution in [-0.2, 0) is 27.7 Å². The fourth-order valence-corrected chi connectivity index (χ4v) is 5.59. The molecule has 0 unspecified atom stereocenters. The van der Waals surface area contributed by atoms with E-state index < -0.39 is 10.0 Å². The van der Waals surface area contributed by atoms with E-state index in [4.69, 9.17) is 4.74 Å². The number of rotatable bonds is 5. The van der Waals surface area contributed by atoms with E-state index in [0.717, 1.165) is 24.2 Å². The van der Waals surface area contributed by atoms with Gasteiger partial charge >= 0.3 is 0 Å². The third-order valence-electron chi connectivity index (χ3n) is 5.90. The van der Waals surface area contributed by atoms with Crippen molar-refractivity contribution in [3.63, 3.8) is 0 Å². The van der Waals surface area contributed by atoms with E-state index in [1.54, 1.807) is 29.2 Å². The molecule has 1 fully saturated rings. The van der Waals surface area contributed by atoms with Crippen LogP contribution >= 0.6 is 0 Å². The summed E-state index contributed by atoms with van der Waals surface area (Å²) in [6.07, 6.45) is 3.96. The van der Waals surface area contributed by atoms with Gasteiger partial charge in [0.1, 0.15) is 5.75 Å². The zero-order valence-electron chi connectivity index (χ0n) is 17.3. The third kappa shape index (κ3) is 4.52. The number of ether oxygens (including phenoxy) is 1. The van der Waals surface area contributed by atoms with Crippen molar-refractivity contribution in [2.45, 2.75) is 37.5 Å². The van der Waals surface area contributed by atoms with Gasteiger partial charge < -0.3 is 9.64 Å². The fraction of sp³-hybridized carbons (Fsp3) is 0.435. The zero-order chi connectivity index (χ0) is 21.1. The first-order valence-electron chi connectivity index (χ1n) is 10.5. The minimum Gasteiger partial charge on any atom is -0.484 e. The number of aryl methyl sites for hydroxylation is 3. The van der Waals surface area contributed by atoms with Gasteiger partial charge in [-0.05, 0) is 68.0 Å². The quantitative estimate of drug-likeness (QED) is 0.735. The summed E-state index contributed by atoms with van der Waals surface area (Å²) in [7, 11) is -3.55. The molecule has 4 rings (SSSR count). The summed E-state index contributed by atoms with van der Waals surface area (Å²) in [5, 5.41) is 0. The number of hydrogen-bond acceptors (Lipinski definition) is 4. The largest absolute Gasteiger partial charge is 0.484 e. The van der Waals surface area contributed by atoms with E-state index >= 15 is 0 Å². The van der Waals surface area contributed by atoms with Crippen molar-refractivity contribution in [1.82, 2.24) is 9.21 Å². The second kappa shape index (κ2) is 8.78. The summed E-state index contributed by atoms with van der Waals surface area (Å²) >= 11 is 0. The number of amides is 1. The summed E-state index contributed by atoms with van der Waals surface area (Å²) < 4.78 is 33.1. The normalized spacial score (nSPS) is 17.4. The van der Waals surface area contributed by atoms with Crippen molar-refractivity contribution in [2.75, 3.05) is 32.8 Å². The van der Waals surface area contributed by atoms with E-state index in [1.807, 2.05) is 19.1 Å². The molecule has 0 aromatic heterocycles. The first kappa shape index (κ1) is 20.9. The van der Waals surface area contributed by atoms with Crippen molar-refractivity contribution in [3.8, 4) is 5.75 Å². The van der Waals surface area contributed by atoms with Gasteiger partial charge in [-0.1, -0.05) is 23.8 Å². The minimum absolute atomic E-state index is 0.0243. The summed E-state index contributed by atoms with van der Waals surface area (Å²) in [5.74, 6) is 0.618.